The normalized spacial score (nSPS) is 10.6. The van der Waals surface area contributed by atoms with Gasteiger partial charge in [-0.05, 0) is 36.4 Å². The number of anilines is 1. The van der Waals surface area contributed by atoms with Gasteiger partial charge >= 0.3 is 0 Å². The lowest BCUT2D eigenvalue weighted by atomic mass is 10.2. The molecule has 0 atom stereocenters. The minimum Gasteiger partial charge on any atom is -0.322 e. The van der Waals surface area contributed by atoms with Gasteiger partial charge in [0.15, 0.2) is 5.65 Å². The number of benzene rings is 1. The van der Waals surface area contributed by atoms with Crippen LogP contribution in [0.4, 0.5) is 5.69 Å². The Morgan fingerprint density at radius 1 is 1.16 bits per heavy atom. The molecule has 3 aromatic rings. The molecule has 0 fully saturated rings. The number of nitrogens with one attached hydrogen (secondary N) is 1. The number of halogens is 1. The summed E-state index contributed by atoms with van der Waals surface area (Å²) in [6, 6.07) is 10.9. The molecule has 2 heterocycles. The number of hydrogen-bond donors (Lipinski definition) is 1. The highest BCUT2D eigenvalue weighted by atomic mass is 79.9. The molecule has 3 rings (SSSR count). The van der Waals surface area contributed by atoms with Crippen molar-refractivity contribution in [1.82, 2.24) is 14.6 Å². The van der Waals surface area contributed by atoms with Gasteiger partial charge in [0.05, 0.1) is 5.56 Å². The second kappa shape index (κ2) is 4.81. The lowest BCUT2D eigenvalue weighted by Crippen LogP contribution is -2.12. The van der Waals surface area contributed by atoms with Crippen LogP contribution >= 0.6 is 15.9 Å². The molecule has 5 nitrogen and oxygen atoms in total. The van der Waals surface area contributed by atoms with Gasteiger partial charge in [-0.25, -0.2) is 0 Å². The first kappa shape index (κ1) is 11.9. The number of aromatic nitrogens is 3. The molecule has 0 aliphatic heterocycles. The van der Waals surface area contributed by atoms with Crippen molar-refractivity contribution in [3.05, 3.63) is 59.0 Å². The second-order valence-electron chi connectivity index (χ2n) is 3.98. The number of pyridine rings is 1. The van der Waals surface area contributed by atoms with Crippen LogP contribution in [0, 0.1) is 0 Å². The van der Waals surface area contributed by atoms with E-state index in [0.717, 1.165) is 10.2 Å². The van der Waals surface area contributed by atoms with Crippen molar-refractivity contribution >= 4 is 33.2 Å². The van der Waals surface area contributed by atoms with E-state index in [9.17, 15) is 4.79 Å². The molecule has 0 spiro atoms. The van der Waals surface area contributed by atoms with Gasteiger partial charge in [-0.1, -0.05) is 15.9 Å². The number of nitrogens with zero attached hydrogens (tertiary/aromatic N) is 3. The summed E-state index contributed by atoms with van der Waals surface area (Å²) in [4.78, 5) is 12.1. The lowest BCUT2D eigenvalue weighted by molar-refractivity contribution is 0.102. The second-order valence-corrected chi connectivity index (χ2v) is 4.89. The summed E-state index contributed by atoms with van der Waals surface area (Å²) in [6.07, 6.45) is 3.26. The Balaban J connectivity index is 1.84. The van der Waals surface area contributed by atoms with Gasteiger partial charge < -0.3 is 5.32 Å². The van der Waals surface area contributed by atoms with Crippen molar-refractivity contribution in [1.29, 1.82) is 0 Å². The van der Waals surface area contributed by atoms with Crippen molar-refractivity contribution < 1.29 is 4.79 Å². The Morgan fingerprint density at radius 2 is 1.95 bits per heavy atom. The average Bonchev–Trinajstić information content (AvgIpc) is 2.88. The molecule has 0 radical (unpaired) electrons. The Labute approximate surface area is 117 Å². The molecule has 1 aromatic carbocycles. The predicted molar refractivity (Wildman–Crippen MR) is 75.1 cm³/mol. The summed E-state index contributed by atoms with van der Waals surface area (Å²) in [7, 11) is 0. The summed E-state index contributed by atoms with van der Waals surface area (Å²) in [5.41, 5.74) is 2.01. The third-order valence-electron chi connectivity index (χ3n) is 2.66. The zero-order valence-corrected chi connectivity index (χ0v) is 11.3. The fraction of sp³-hybridized carbons (Fsp3) is 0. The van der Waals surface area contributed by atoms with Gasteiger partial charge in [0.1, 0.15) is 6.33 Å². The molecule has 2 aromatic heterocycles. The smallest absolute Gasteiger partial charge is 0.257 e. The van der Waals surface area contributed by atoms with Crippen LogP contribution in [0.25, 0.3) is 5.65 Å². The first-order valence-electron chi connectivity index (χ1n) is 5.59. The number of fused-ring (bicyclic) bond motifs is 1. The lowest BCUT2D eigenvalue weighted by Gasteiger charge is -2.05. The van der Waals surface area contributed by atoms with Crippen molar-refractivity contribution in [2.75, 3.05) is 5.32 Å². The maximum atomic E-state index is 12.1. The SMILES string of the molecule is O=C(Nc1ccc(Br)cc1)c1ccc2nncn2c1. The van der Waals surface area contributed by atoms with Gasteiger partial charge in [-0.2, -0.15) is 0 Å². The van der Waals surface area contributed by atoms with Gasteiger partial charge in [0, 0.05) is 16.4 Å². The third kappa shape index (κ3) is 2.48. The average molecular weight is 317 g/mol. The van der Waals surface area contributed by atoms with E-state index >= 15 is 0 Å². The largest absolute Gasteiger partial charge is 0.322 e. The molecule has 0 saturated carbocycles. The molecule has 0 aliphatic carbocycles. The molecule has 94 valence electrons. The molecule has 0 unspecified atom stereocenters. The molecule has 0 saturated heterocycles. The zero-order valence-electron chi connectivity index (χ0n) is 9.75. The zero-order chi connectivity index (χ0) is 13.2. The van der Waals surface area contributed by atoms with Crippen LogP contribution in [-0.2, 0) is 0 Å². The van der Waals surface area contributed by atoms with Crippen LogP contribution in [0.5, 0.6) is 0 Å². The fourth-order valence-corrected chi connectivity index (χ4v) is 1.96. The highest BCUT2D eigenvalue weighted by Gasteiger charge is 2.07. The number of rotatable bonds is 2. The summed E-state index contributed by atoms with van der Waals surface area (Å²) in [5, 5.41) is 10.5. The Bertz CT molecular complexity index is 736. The number of hydrogen-bond acceptors (Lipinski definition) is 3. The molecule has 19 heavy (non-hydrogen) atoms. The van der Waals surface area contributed by atoms with Gasteiger partial charge in [-0.15, -0.1) is 10.2 Å². The van der Waals surface area contributed by atoms with E-state index in [2.05, 4.69) is 31.4 Å². The highest BCUT2D eigenvalue weighted by molar-refractivity contribution is 9.10. The van der Waals surface area contributed by atoms with E-state index in [-0.39, 0.29) is 5.91 Å². The molecular formula is C13H9BrN4O. The van der Waals surface area contributed by atoms with Gasteiger partial charge in [0.25, 0.3) is 5.91 Å². The van der Waals surface area contributed by atoms with Crippen molar-refractivity contribution in [2.45, 2.75) is 0 Å². The van der Waals surface area contributed by atoms with Crippen LogP contribution in [0.15, 0.2) is 53.4 Å². The maximum Gasteiger partial charge on any atom is 0.257 e. The fourth-order valence-electron chi connectivity index (χ4n) is 1.70. The monoisotopic (exact) mass is 316 g/mol. The van der Waals surface area contributed by atoms with Crippen molar-refractivity contribution in [2.24, 2.45) is 0 Å². The standard InChI is InChI=1S/C13H9BrN4O/c14-10-2-4-11(5-3-10)16-13(19)9-1-6-12-17-15-8-18(12)7-9/h1-8H,(H,16,19). The molecule has 0 bridgehead atoms. The van der Waals surface area contributed by atoms with Crippen LogP contribution in [0.3, 0.4) is 0 Å². The maximum absolute atomic E-state index is 12.1. The number of amides is 1. The molecule has 1 N–H and O–H groups in total. The van der Waals surface area contributed by atoms with Gasteiger partial charge in [-0.3, -0.25) is 9.20 Å². The topological polar surface area (TPSA) is 59.3 Å². The van der Waals surface area contributed by atoms with Crippen LogP contribution in [-0.4, -0.2) is 20.5 Å². The van der Waals surface area contributed by atoms with Crippen LogP contribution < -0.4 is 5.32 Å². The van der Waals surface area contributed by atoms with E-state index in [1.54, 1.807) is 29.1 Å². The molecule has 0 aliphatic rings. The summed E-state index contributed by atoms with van der Waals surface area (Å²) < 4.78 is 2.67. The first-order valence-corrected chi connectivity index (χ1v) is 6.38. The first-order chi connectivity index (χ1) is 9.22. The van der Waals surface area contributed by atoms with E-state index in [0.29, 0.717) is 11.2 Å². The number of carbonyl (C=O) groups is 1. The van der Waals surface area contributed by atoms with E-state index in [1.807, 2.05) is 24.3 Å². The van der Waals surface area contributed by atoms with Gasteiger partial charge in [0.2, 0.25) is 0 Å². The molecule has 1 amide bonds. The quantitative estimate of drug-likeness (QED) is 0.790. The summed E-state index contributed by atoms with van der Waals surface area (Å²) in [6.45, 7) is 0. The Kier molecular flexibility index (Phi) is 3.00. The number of carbonyl (C=O) groups excluding carboxylic acids is 1. The molecule has 6 heteroatoms. The van der Waals surface area contributed by atoms with Crippen molar-refractivity contribution in [3.63, 3.8) is 0 Å². The van der Waals surface area contributed by atoms with E-state index in [4.69, 9.17) is 0 Å². The van der Waals surface area contributed by atoms with Crippen molar-refractivity contribution in [3.8, 4) is 0 Å². The molecular weight excluding hydrogens is 308 g/mol. The Morgan fingerprint density at radius 3 is 2.74 bits per heavy atom. The minimum atomic E-state index is -0.169. The van der Waals surface area contributed by atoms with Crippen LogP contribution in [0.2, 0.25) is 0 Å². The summed E-state index contributed by atoms with van der Waals surface area (Å²) in [5.74, 6) is -0.169. The van der Waals surface area contributed by atoms with E-state index < -0.39 is 0 Å². The third-order valence-corrected chi connectivity index (χ3v) is 3.18. The van der Waals surface area contributed by atoms with E-state index in [1.165, 1.54) is 0 Å². The summed E-state index contributed by atoms with van der Waals surface area (Å²) >= 11 is 3.35. The Hall–Kier alpha value is -2.21. The predicted octanol–water partition coefficient (Wildman–Crippen LogP) is 2.74. The highest BCUT2D eigenvalue weighted by Crippen LogP contribution is 2.15. The minimum absolute atomic E-state index is 0.169. The van der Waals surface area contributed by atoms with Crippen LogP contribution in [0.1, 0.15) is 10.4 Å².